The van der Waals surface area contributed by atoms with Gasteiger partial charge in [0.25, 0.3) is 0 Å². The zero-order valence-electron chi connectivity index (χ0n) is 3.72. The van der Waals surface area contributed by atoms with Gasteiger partial charge in [-0.15, -0.1) is 0 Å². The average molecular weight is 243 g/mol. The molecule has 0 nitrogen and oxygen atoms in total. The van der Waals surface area contributed by atoms with Crippen molar-refractivity contribution in [3.05, 3.63) is 0 Å². The van der Waals surface area contributed by atoms with Crippen LogP contribution in [-0.4, -0.2) is 24.4 Å². The minimum absolute atomic E-state index is 0. The third kappa shape index (κ3) is 254. The molecule has 8 heteroatoms. The monoisotopic (exact) mass is 242 g/mol. The largest absolute Gasteiger partial charge is 3.00 e. The van der Waals surface area contributed by atoms with E-state index in [9.17, 15) is 0 Å². The molecule has 0 heterocycles. The van der Waals surface area contributed by atoms with Crippen molar-refractivity contribution < 1.29 is 47.1 Å². The number of halogens is 6. The first kappa shape index (κ1) is 580. The molecule has 0 N–H and O–H groups in total. The maximum atomic E-state index is 0. The van der Waals surface area contributed by atoms with E-state index in [1.165, 1.54) is 0 Å². The van der Waals surface area contributed by atoms with Crippen molar-refractivity contribution in [2.45, 2.75) is 0 Å². The molecule has 0 saturated carbocycles. The predicted octanol–water partition coefficient (Wildman–Crippen LogP) is -21.4. The van der Waals surface area contributed by atoms with Crippen molar-refractivity contribution in [3.8, 4) is 0 Å². The summed E-state index contributed by atoms with van der Waals surface area (Å²) in [5.41, 5.74) is 0. The van der Waals surface area contributed by atoms with Gasteiger partial charge in [-0.25, -0.2) is 0 Å². The van der Waals surface area contributed by atoms with E-state index in [2.05, 4.69) is 0 Å². The Morgan fingerprint density at radius 2 is 0.375 bits per heavy atom. The maximum Gasteiger partial charge on any atom is 3.00 e. The van der Waals surface area contributed by atoms with Gasteiger partial charge in [0.05, 0.1) is 0 Å². The van der Waals surface area contributed by atoms with E-state index in [4.69, 9.17) is 0 Å². The Kier molecular flexibility index (Phi) is 28600. The smallest absolute Gasteiger partial charge is 1.00 e. The Morgan fingerprint density at radius 3 is 0.375 bits per heavy atom. The molecule has 0 bridgehead atoms. The van der Waals surface area contributed by atoms with Crippen molar-refractivity contribution >= 4 is 24.4 Å². The molecule has 0 atom stereocenters. The SMILES string of the molecule is [F-].[F-].[F-].[F-].[F-].[F-].[Li+].[Sb+3]. The Bertz CT molecular complexity index is 8.49. The van der Waals surface area contributed by atoms with Gasteiger partial charge in [-0.2, -0.15) is 0 Å². The molecule has 0 aromatic rings. The summed E-state index contributed by atoms with van der Waals surface area (Å²) in [6.45, 7) is 0. The molecule has 50 valence electrons. The van der Waals surface area contributed by atoms with Crippen molar-refractivity contribution in [1.82, 2.24) is 0 Å². The summed E-state index contributed by atoms with van der Waals surface area (Å²) in [6, 6.07) is 0. The molecule has 0 aliphatic carbocycles. The van der Waals surface area contributed by atoms with Crippen molar-refractivity contribution in [3.63, 3.8) is 0 Å². The van der Waals surface area contributed by atoms with Gasteiger partial charge in [0.1, 0.15) is 0 Å². The third-order valence-electron chi connectivity index (χ3n) is 0. The Labute approximate surface area is 71.6 Å². The second-order valence-electron chi connectivity index (χ2n) is 0. The van der Waals surface area contributed by atoms with Gasteiger partial charge in [-0.1, -0.05) is 0 Å². The Hall–Kier alpha value is 0.996. The van der Waals surface area contributed by atoms with E-state index in [1.807, 2.05) is 0 Å². The van der Waals surface area contributed by atoms with E-state index in [-0.39, 0.29) is 71.5 Å². The van der Waals surface area contributed by atoms with Crippen LogP contribution in [0, 0.1) is 0 Å². The molecular weight excluding hydrogens is 243 g/mol. The van der Waals surface area contributed by atoms with Crippen LogP contribution in [0.3, 0.4) is 0 Å². The van der Waals surface area contributed by atoms with Crippen LogP contribution in [-0.2, 0) is 0 Å². The van der Waals surface area contributed by atoms with Gasteiger partial charge in [-0.3, -0.25) is 0 Å². The maximum absolute atomic E-state index is 0. The van der Waals surface area contributed by atoms with Gasteiger partial charge in [-0.05, 0) is 0 Å². The molecule has 0 rings (SSSR count). The summed E-state index contributed by atoms with van der Waals surface area (Å²) < 4.78 is 0. The summed E-state index contributed by atoms with van der Waals surface area (Å²) in [6.07, 6.45) is 0. The summed E-state index contributed by atoms with van der Waals surface area (Å²) in [7, 11) is 0. The number of hydrogen-bond donors (Lipinski definition) is 0. The summed E-state index contributed by atoms with van der Waals surface area (Å²) in [4.78, 5) is 0. The topological polar surface area (TPSA) is 0 Å². The van der Waals surface area contributed by atoms with Crippen LogP contribution in [0.2, 0.25) is 0 Å². The molecule has 0 aromatic carbocycles. The van der Waals surface area contributed by atoms with Crippen LogP contribution in [0.4, 0.5) is 0 Å². The Balaban J connectivity index is 0. The van der Waals surface area contributed by atoms with Crippen LogP contribution < -0.4 is 47.1 Å². The average Bonchev–Trinajstić information content (AvgIpc) is 0. The van der Waals surface area contributed by atoms with E-state index >= 15 is 0 Å². The van der Waals surface area contributed by atoms with E-state index < -0.39 is 0 Å². The molecule has 0 unspecified atom stereocenters. The van der Waals surface area contributed by atoms with Crippen LogP contribution in [0.15, 0.2) is 0 Å². The van der Waals surface area contributed by atoms with Gasteiger partial charge >= 0.3 is 43.3 Å². The fourth-order valence-electron chi connectivity index (χ4n) is 0. The van der Waals surface area contributed by atoms with E-state index in [1.54, 1.807) is 0 Å². The second-order valence-corrected chi connectivity index (χ2v) is 0. The van der Waals surface area contributed by atoms with Gasteiger partial charge in [0, 0.05) is 0 Å². The normalized spacial score (nSPS) is 0. The van der Waals surface area contributed by atoms with Crippen LogP contribution >= 0.6 is 0 Å². The quantitative estimate of drug-likeness (QED) is 0.292. The first-order valence-corrected chi connectivity index (χ1v) is 0. The molecule has 2 radical (unpaired) electrons. The summed E-state index contributed by atoms with van der Waals surface area (Å²) in [5.74, 6) is 0. The fraction of sp³-hybridized carbons (Fsp3) is 0. The Morgan fingerprint density at radius 1 is 0.375 bits per heavy atom. The van der Waals surface area contributed by atoms with Crippen molar-refractivity contribution in [1.29, 1.82) is 0 Å². The summed E-state index contributed by atoms with van der Waals surface area (Å²) in [5, 5.41) is 0. The number of hydrogen-bond acceptors (Lipinski definition) is 0. The molecule has 0 spiro atoms. The third-order valence-corrected chi connectivity index (χ3v) is 0. The molecule has 0 aromatic heterocycles. The minimum atomic E-state index is 0. The van der Waals surface area contributed by atoms with Crippen LogP contribution in [0.5, 0.6) is 0 Å². The second kappa shape index (κ2) is 395. The van der Waals surface area contributed by atoms with E-state index in [0.29, 0.717) is 0 Å². The summed E-state index contributed by atoms with van der Waals surface area (Å²) >= 11 is 0. The minimum Gasteiger partial charge on any atom is -1.00 e. The molecule has 0 aliphatic rings. The van der Waals surface area contributed by atoms with Gasteiger partial charge in [0.2, 0.25) is 0 Å². The molecule has 8 heavy (non-hydrogen) atoms. The molecule has 0 saturated heterocycles. The predicted molar refractivity (Wildman–Crippen MR) is 5.75 cm³/mol. The molecule has 0 amide bonds. The van der Waals surface area contributed by atoms with E-state index in [0.717, 1.165) is 0 Å². The van der Waals surface area contributed by atoms with Gasteiger partial charge in [0.15, 0.2) is 0 Å². The number of rotatable bonds is 0. The first-order valence-electron chi connectivity index (χ1n) is 0. The van der Waals surface area contributed by atoms with Crippen molar-refractivity contribution in [2.24, 2.45) is 0 Å². The standard InChI is InChI=1S/6FH.Li.Sb/h6*1H;;/q;;;;;;+1;+3/p-6. The van der Waals surface area contributed by atoms with Crippen LogP contribution in [0.25, 0.3) is 0 Å². The molecular formula is F6LiSb-2. The first-order chi connectivity index (χ1) is 0. The van der Waals surface area contributed by atoms with Gasteiger partial charge < -0.3 is 28.2 Å². The molecule has 0 aliphatic heterocycles. The fourth-order valence-corrected chi connectivity index (χ4v) is 0. The van der Waals surface area contributed by atoms with Crippen LogP contribution in [0.1, 0.15) is 0 Å². The van der Waals surface area contributed by atoms with Crippen molar-refractivity contribution in [2.75, 3.05) is 0 Å². The molecule has 0 fully saturated rings. The zero-order valence-corrected chi connectivity index (χ0v) is 6.27. The zero-order chi connectivity index (χ0) is 0.